The van der Waals surface area contributed by atoms with Crippen LogP contribution in [0.4, 0.5) is 4.79 Å². The van der Waals surface area contributed by atoms with Crippen molar-refractivity contribution in [2.45, 2.75) is 13.0 Å². The first-order valence-corrected chi connectivity index (χ1v) is 5.27. The zero-order chi connectivity index (χ0) is 13.3. The minimum atomic E-state index is -0.945. The van der Waals surface area contributed by atoms with Gasteiger partial charge in [-0.1, -0.05) is 6.92 Å². The smallest absolute Gasteiger partial charge is 0.314 e. The third-order valence-electron chi connectivity index (χ3n) is 2.17. The summed E-state index contributed by atoms with van der Waals surface area (Å²) in [6.45, 7) is 2.29. The molecule has 0 aliphatic carbocycles. The van der Waals surface area contributed by atoms with Gasteiger partial charge in [-0.05, 0) is 0 Å². The topological polar surface area (TPSA) is 96.9 Å². The van der Waals surface area contributed by atoms with Gasteiger partial charge in [0.05, 0.1) is 18.6 Å². The van der Waals surface area contributed by atoms with Crippen molar-refractivity contribution in [3.05, 3.63) is 0 Å². The van der Waals surface area contributed by atoms with Crippen LogP contribution in [0.5, 0.6) is 0 Å². The lowest BCUT2D eigenvalue weighted by molar-refractivity contribution is -0.140. The van der Waals surface area contributed by atoms with Gasteiger partial charge in [0.1, 0.15) is 0 Å². The molecular weight excluding hydrogens is 228 g/mol. The summed E-state index contributed by atoms with van der Waals surface area (Å²) in [6.07, 6.45) is -0.220. The Morgan fingerprint density at radius 2 is 1.82 bits per heavy atom. The summed E-state index contributed by atoms with van der Waals surface area (Å²) in [5.41, 5.74) is 0. The van der Waals surface area contributed by atoms with E-state index in [1.807, 2.05) is 0 Å². The van der Waals surface area contributed by atoms with Gasteiger partial charge in [0, 0.05) is 27.3 Å². The van der Waals surface area contributed by atoms with Crippen LogP contribution in [0.25, 0.3) is 0 Å². The standard InChI is InChI=1S/C10H20N2O5/c1-7(9(13)14)4-11-10(15)12-5-8(17-3)6-16-2/h7-8H,4-6H2,1-3H3,(H,13,14)(H2,11,12,15). The lowest BCUT2D eigenvalue weighted by atomic mass is 10.2. The quantitative estimate of drug-likeness (QED) is 0.546. The lowest BCUT2D eigenvalue weighted by Gasteiger charge is -2.15. The fourth-order valence-corrected chi connectivity index (χ4v) is 0.998. The van der Waals surface area contributed by atoms with Gasteiger partial charge in [-0.2, -0.15) is 0 Å². The molecule has 0 spiro atoms. The maximum atomic E-state index is 11.3. The number of nitrogens with one attached hydrogen (secondary N) is 2. The molecule has 100 valence electrons. The molecule has 0 rings (SSSR count). The Morgan fingerprint density at radius 1 is 1.24 bits per heavy atom. The SMILES string of the molecule is COCC(CNC(=O)NCC(C)C(=O)O)OC. The first-order valence-electron chi connectivity index (χ1n) is 5.27. The van der Waals surface area contributed by atoms with E-state index in [4.69, 9.17) is 14.6 Å². The first kappa shape index (κ1) is 15.7. The molecule has 0 saturated carbocycles. The van der Waals surface area contributed by atoms with Gasteiger partial charge in [-0.3, -0.25) is 4.79 Å². The van der Waals surface area contributed by atoms with Gasteiger partial charge in [0.2, 0.25) is 0 Å². The Balaban J connectivity index is 3.75. The highest BCUT2D eigenvalue weighted by atomic mass is 16.5. The van der Waals surface area contributed by atoms with Crippen molar-refractivity contribution in [2.24, 2.45) is 5.92 Å². The summed E-state index contributed by atoms with van der Waals surface area (Å²) < 4.78 is 9.93. The van der Waals surface area contributed by atoms with Crippen LogP contribution in [-0.2, 0) is 14.3 Å². The van der Waals surface area contributed by atoms with E-state index in [1.54, 1.807) is 7.11 Å². The van der Waals surface area contributed by atoms with Crippen molar-refractivity contribution < 1.29 is 24.2 Å². The lowest BCUT2D eigenvalue weighted by Crippen LogP contribution is -2.43. The zero-order valence-corrected chi connectivity index (χ0v) is 10.4. The molecule has 0 aromatic heterocycles. The first-order chi connectivity index (χ1) is 8.01. The highest BCUT2D eigenvalue weighted by Gasteiger charge is 2.13. The van der Waals surface area contributed by atoms with E-state index < -0.39 is 17.9 Å². The Morgan fingerprint density at radius 3 is 2.29 bits per heavy atom. The molecule has 7 nitrogen and oxygen atoms in total. The van der Waals surface area contributed by atoms with Gasteiger partial charge in [-0.15, -0.1) is 0 Å². The molecule has 0 aromatic carbocycles. The van der Waals surface area contributed by atoms with Crippen LogP contribution in [0.3, 0.4) is 0 Å². The van der Waals surface area contributed by atoms with Crippen molar-refractivity contribution in [2.75, 3.05) is 33.9 Å². The number of amides is 2. The molecule has 0 aliphatic heterocycles. The zero-order valence-electron chi connectivity index (χ0n) is 10.4. The van der Waals surface area contributed by atoms with Gasteiger partial charge < -0.3 is 25.2 Å². The molecule has 0 fully saturated rings. The molecular formula is C10H20N2O5. The number of rotatable bonds is 8. The number of hydrogen-bond donors (Lipinski definition) is 3. The van der Waals surface area contributed by atoms with Crippen LogP contribution in [0, 0.1) is 5.92 Å². The second-order valence-electron chi connectivity index (χ2n) is 3.64. The molecule has 2 atom stereocenters. The van der Waals surface area contributed by atoms with Gasteiger partial charge in [0.15, 0.2) is 0 Å². The Labute approximate surface area is 100 Å². The van der Waals surface area contributed by atoms with Crippen molar-refractivity contribution in [1.29, 1.82) is 0 Å². The van der Waals surface area contributed by atoms with E-state index in [1.165, 1.54) is 14.0 Å². The van der Waals surface area contributed by atoms with E-state index in [0.29, 0.717) is 13.2 Å². The molecule has 0 bridgehead atoms. The molecule has 0 saturated heterocycles. The van der Waals surface area contributed by atoms with Crippen molar-refractivity contribution in [1.82, 2.24) is 10.6 Å². The average Bonchev–Trinajstić information content (AvgIpc) is 2.31. The summed E-state index contributed by atoms with van der Waals surface area (Å²) in [7, 11) is 3.07. The fourth-order valence-electron chi connectivity index (χ4n) is 0.998. The van der Waals surface area contributed by atoms with Crippen LogP contribution in [-0.4, -0.2) is 57.1 Å². The maximum absolute atomic E-state index is 11.3. The van der Waals surface area contributed by atoms with Crippen LogP contribution >= 0.6 is 0 Å². The normalized spacial score (nSPS) is 13.8. The number of aliphatic carboxylic acids is 1. The minimum Gasteiger partial charge on any atom is -0.481 e. The van der Waals surface area contributed by atoms with Crippen LogP contribution in [0.15, 0.2) is 0 Å². The van der Waals surface area contributed by atoms with Crippen LogP contribution < -0.4 is 10.6 Å². The van der Waals surface area contributed by atoms with Gasteiger partial charge >= 0.3 is 12.0 Å². The van der Waals surface area contributed by atoms with Gasteiger partial charge in [0.25, 0.3) is 0 Å². The van der Waals surface area contributed by atoms with E-state index >= 15 is 0 Å². The molecule has 3 N–H and O–H groups in total. The summed E-state index contributed by atoms with van der Waals surface area (Å²) in [4.78, 5) is 21.8. The van der Waals surface area contributed by atoms with E-state index in [2.05, 4.69) is 10.6 Å². The maximum Gasteiger partial charge on any atom is 0.314 e. The number of carbonyl (C=O) groups is 2. The number of carboxylic acid groups (broad SMARTS) is 1. The Kier molecular flexibility index (Phi) is 8.08. The molecule has 17 heavy (non-hydrogen) atoms. The van der Waals surface area contributed by atoms with Crippen LogP contribution in [0.2, 0.25) is 0 Å². The number of carbonyl (C=O) groups excluding carboxylic acids is 1. The molecule has 0 heterocycles. The minimum absolute atomic E-state index is 0.0864. The summed E-state index contributed by atoms with van der Waals surface area (Å²) in [5.74, 6) is -1.56. The van der Waals surface area contributed by atoms with E-state index in [-0.39, 0.29) is 12.6 Å². The second kappa shape index (κ2) is 8.77. The highest BCUT2D eigenvalue weighted by Crippen LogP contribution is 1.91. The molecule has 2 amide bonds. The Bertz CT molecular complexity index is 247. The van der Waals surface area contributed by atoms with Crippen molar-refractivity contribution in [3.63, 3.8) is 0 Å². The monoisotopic (exact) mass is 248 g/mol. The number of ether oxygens (including phenoxy) is 2. The molecule has 7 heteroatoms. The summed E-state index contributed by atoms with van der Waals surface area (Å²) in [6, 6.07) is -0.420. The Hall–Kier alpha value is -1.34. The number of hydrogen-bond acceptors (Lipinski definition) is 4. The molecule has 0 radical (unpaired) electrons. The number of urea groups is 1. The third-order valence-corrected chi connectivity index (χ3v) is 2.17. The van der Waals surface area contributed by atoms with Crippen molar-refractivity contribution in [3.8, 4) is 0 Å². The van der Waals surface area contributed by atoms with E-state index in [9.17, 15) is 9.59 Å². The third kappa shape index (κ3) is 7.53. The van der Waals surface area contributed by atoms with Crippen LogP contribution in [0.1, 0.15) is 6.92 Å². The molecule has 2 unspecified atom stereocenters. The number of methoxy groups -OCH3 is 2. The second-order valence-corrected chi connectivity index (χ2v) is 3.64. The van der Waals surface area contributed by atoms with Gasteiger partial charge in [-0.25, -0.2) is 4.79 Å². The fraction of sp³-hybridized carbons (Fsp3) is 0.800. The van der Waals surface area contributed by atoms with Crippen molar-refractivity contribution >= 4 is 12.0 Å². The predicted molar refractivity (Wildman–Crippen MR) is 60.9 cm³/mol. The largest absolute Gasteiger partial charge is 0.481 e. The molecule has 0 aliphatic rings. The molecule has 0 aromatic rings. The average molecular weight is 248 g/mol. The summed E-state index contributed by atoms with van der Waals surface area (Å²) in [5, 5.41) is 13.6. The predicted octanol–water partition coefficient (Wildman–Crippen LogP) is -0.332. The van der Waals surface area contributed by atoms with E-state index in [0.717, 1.165) is 0 Å². The summed E-state index contributed by atoms with van der Waals surface area (Å²) >= 11 is 0. The highest BCUT2D eigenvalue weighted by molar-refractivity contribution is 5.75. The number of carboxylic acids is 1.